The third kappa shape index (κ3) is 3.20. The fraction of sp³-hybridized carbons (Fsp3) is 0.118. The van der Waals surface area contributed by atoms with Gasteiger partial charge in [0.05, 0.1) is 12.2 Å². The van der Waals surface area contributed by atoms with Crippen molar-refractivity contribution in [2.45, 2.75) is 13.5 Å². The molecule has 0 fully saturated rings. The quantitative estimate of drug-likeness (QED) is 0.803. The standard InChI is InChI=1S/C17H15N3OS/c1-12-5-2-3-7-14(12)17(21)19-10-16-20-15(11-22-16)13-6-4-8-18-9-13/h2-9,11H,10H2,1H3,(H,19,21). The second-order valence-corrected chi connectivity index (χ2v) is 5.81. The molecule has 0 aliphatic rings. The summed E-state index contributed by atoms with van der Waals surface area (Å²) in [6.45, 7) is 2.36. The van der Waals surface area contributed by atoms with Crippen LogP contribution in [0, 0.1) is 6.92 Å². The minimum Gasteiger partial charge on any atom is -0.346 e. The van der Waals surface area contributed by atoms with Crippen LogP contribution in [0.25, 0.3) is 11.3 Å². The fourth-order valence-electron chi connectivity index (χ4n) is 2.12. The van der Waals surface area contributed by atoms with Crippen molar-refractivity contribution in [2.24, 2.45) is 0 Å². The molecule has 0 aliphatic carbocycles. The summed E-state index contributed by atoms with van der Waals surface area (Å²) >= 11 is 1.53. The van der Waals surface area contributed by atoms with E-state index >= 15 is 0 Å². The van der Waals surface area contributed by atoms with E-state index in [1.165, 1.54) is 11.3 Å². The van der Waals surface area contributed by atoms with Crippen molar-refractivity contribution in [3.05, 3.63) is 70.3 Å². The van der Waals surface area contributed by atoms with E-state index in [4.69, 9.17) is 0 Å². The highest BCUT2D eigenvalue weighted by molar-refractivity contribution is 7.09. The summed E-state index contributed by atoms with van der Waals surface area (Å²) in [6, 6.07) is 11.4. The number of hydrogen-bond acceptors (Lipinski definition) is 4. The molecule has 0 saturated carbocycles. The number of carbonyl (C=O) groups is 1. The summed E-state index contributed by atoms with van der Waals surface area (Å²) in [4.78, 5) is 20.8. The molecule has 0 saturated heterocycles. The molecule has 0 atom stereocenters. The average Bonchev–Trinajstić information content (AvgIpc) is 3.03. The van der Waals surface area contributed by atoms with Crippen LogP contribution in [-0.4, -0.2) is 15.9 Å². The lowest BCUT2D eigenvalue weighted by molar-refractivity contribution is 0.0950. The number of amides is 1. The Bertz CT molecular complexity index is 783. The third-order valence-electron chi connectivity index (χ3n) is 3.30. The molecule has 5 heteroatoms. The summed E-state index contributed by atoms with van der Waals surface area (Å²) in [6.07, 6.45) is 3.52. The molecule has 0 unspecified atom stereocenters. The molecule has 0 spiro atoms. The van der Waals surface area contributed by atoms with Crippen LogP contribution < -0.4 is 5.32 Å². The van der Waals surface area contributed by atoms with Gasteiger partial charge in [0, 0.05) is 28.9 Å². The maximum absolute atomic E-state index is 12.2. The molecule has 1 N–H and O–H groups in total. The van der Waals surface area contributed by atoms with E-state index in [2.05, 4.69) is 15.3 Å². The molecular formula is C17H15N3OS. The first-order valence-electron chi connectivity index (χ1n) is 6.92. The van der Waals surface area contributed by atoms with Gasteiger partial charge in [0.25, 0.3) is 5.91 Å². The molecule has 22 heavy (non-hydrogen) atoms. The number of hydrogen-bond donors (Lipinski definition) is 1. The number of aryl methyl sites for hydroxylation is 1. The molecule has 0 radical (unpaired) electrons. The van der Waals surface area contributed by atoms with Crippen LogP contribution in [0.4, 0.5) is 0 Å². The van der Waals surface area contributed by atoms with Crippen molar-refractivity contribution >= 4 is 17.2 Å². The molecule has 1 aromatic carbocycles. The van der Waals surface area contributed by atoms with E-state index in [1.54, 1.807) is 12.4 Å². The molecule has 2 aromatic heterocycles. The number of thiazole rings is 1. The van der Waals surface area contributed by atoms with E-state index < -0.39 is 0 Å². The molecular weight excluding hydrogens is 294 g/mol. The van der Waals surface area contributed by atoms with E-state index in [-0.39, 0.29) is 5.91 Å². The Labute approximate surface area is 132 Å². The Morgan fingerprint density at radius 1 is 1.23 bits per heavy atom. The first-order chi connectivity index (χ1) is 10.7. The zero-order chi connectivity index (χ0) is 15.4. The lowest BCUT2D eigenvalue weighted by Gasteiger charge is -2.05. The van der Waals surface area contributed by atoms with Gasteiger partial charge in [-0.2, -0.15) is 0 Å². The summed E-state index contributed by atoms with van der Waals surface area (Å²) in [5, 5.41) is 5.77. The lowest BCUT2D eigenvalue weighted by Crippen LogP contribution is -2.23. The number of rotatable bonds is 4. The Balaban J connectivity index is 1.67. The average molecular weight is 309 g/mol. The Hall–Kier alpha value is -2.53. The van der Waals surface area contributed by atoms with E-state index in [9.17, 15) is 4.79 Å². The minimum atomic E-state index is -0.0729. The lowest BCUT2D eigenvalue weighted by atomic mass is 10.1. The predicted molar refractivity (Wildman–Crippen MR) is 87.7 cm³/mol. The van der Waals surface area contributed by atoms with Crippen LogP contribution in [0.5, 0.6) is 0 Å². The summed E-state index contributed by atoms with van der Waals surface area (Å²) in [5.74, 6) is -0.0729. The molecule has 0 aliphatic heterocycles. The van der Waals surface area contributed by atoms with Gasteiger partial charge < -0.3 is 5.32 Å². The van der Waals surface area contributed by atoms with Gasteiger partial charge in [-0.25, -0.2) is 4.98 Å². The minimum absolute atomic E-state index is 0.0729. The molecule has 1 amide bonds. The van der Waals surface area contributed by atoms with Gasteiger partial charge in [-0.15, -0.1) is 11.3 Å². The normalized spacial score (nSPS) is 10.4. The smallest absolute Gasteiger partial charge is 0.251 e. The summed E-state index contributed by atoms with van der Waals surface area (Å²) in [5.41, 5.74) is 3.54. The molecule has 0 bridgehead atoms. The first-order valence-corrected chi connectivity index (χ1v) is 7.80. The van der Waals surface area contributed by atoms with Gasteiger partial charge in [0.2, 0.25) is 0 Å². The molecule has 3 rings (SSSR count). The van der Waals surface area contributed by atoms with Crippen LogP contribution in [-0.2, 0) is 6.54 Å². The second kappa shape index (κ2) is 6.49. The maximum atomic E-state index is 12.2. The fourth-order valence-corrected chi connectivity index (χ4v) is 2.86. The number of nitrogens with zero attached hydrogens (tertiary/aromatic N) is 2. The van der Waals surface area contributed by atoms with Crippen LogP contribution in [0.3, 0.4) is 0 Å². The van der Waals surface area contributed by atoms with Crippen molar-refractivity contribution in [3.8, 4) is 11.3 Å². The van der Waals surface area contributed by atoms with E-state index in [0.29, 0.717) is 12.1 Å². The monoisotopic (exact) mass is 309 g/mol. The third-order valence-corrected chi connectivity index (χ3v) is 4.15. The molecule has 110 valence electrons. The van der Waals surface area contributed by atoms with Crippen molar-refractivity contribution in [3.63, 3.8) is 0 Å². The van der Waals surface area contributed by atoms with E-state index in [1.807, 2.05) is 48.7 Å². The Morgan fingerprint density at radius 3 is 2.86 bits per heavy atom. The van der Waals surface area contributed by atoms with Gasteiger partial charge in [-0.05, 0) is 30.7 Å². The van der Waals surface area contributed by atoms with Crippen LogP contribution >= 0.6 is 11.3 Å². The number of aromatic nitrogens is 2. The maximum Gasteiger partial charge on any atom is 0.251 e. The van der Waals surface area contributed by atoms with Gasteiger partial charge in [-0.3, -0.25) is 9.78 Å². The zero-order valence-electron chi connectivity index (χ0n) is 12.1. The van der Waals surface area contributed by atoms with Crippen molar-refractivity contribution < 1.29 is 4.79 Å². The van der Waals surface area contributed by atoms with Crippen LogP contribution in [0.15, 0.2) is 54.2 Å². The van der Waals surface area contributed by atoms with Gasteiger partial charge in [-0.1, -0.05) is 18.2 Å². The van der Waals surface area contributed by atoms with Crippen LogP contribution in [0.1, 0.15) is 20.9 Å². The Morgan fingerprint density at radius 2 is 2.09 bits per heavy atom. The Kier molecular flexibility index (Phi) is 4.25. The summed E-state index contributed by atoms with van der Waals surface area (Å²) in [7, 11) is 0. The predicted octanol–water partition coefficient (Wildman–Crippen LogP) is 3.44. The summed E-state index contributed by atoms with van der Waals surface area (Å²) < 4.78 is 0. The largest absolute Gasteiger partial charge is 0.346 e. The topological polar surface area (TPSA) is 54.9 Å². The second-order valence-electron chi connectivity index (χ2n) is 4.87. The van der Waals surface area contributed by atoms with Gasteiger partial charge >= 0.3 is 0 Å². The number of nitrogens with one attached hydrogen (secondary N) is 1. The van der Waals surface area contributed by atoms with Gasteiger partial charge in [0.1, 0.15) is 5.01 Å². The molecule has 2 heterocycles. The zero-order valence-corrected chi connectivity index (χ0v) is 12.9. The number of pyridine rings is 1. The highest BCUT2D eigenvalue weighted by Crippen LogP contribution is 2.20. The van der Waals surface area contributed by atoms with Crippen molar-refractivity contribution in [1.29, 1.82) is 0 Å². The SMILES string of the molecule is Cc1ccccc1C(=O)NCc1nc(-c2cccnc2)cs1. The van der Waals surface area contributed by atoms with Crippen molar-refractivity contribution in [1.82, 2.24) is 15.3 Å². The highest BCUT2D eigenvalue weighted by atomic mass is 32.1. The van der Waals surface area contributed by atoms with Gasteiger partial charge in [0.15, 0.2) is 0 Å². The molecule has 4 nitrogen and oxygen atoms in total. The number of carbonyl (C=O) groups excluding carboxylic acids is 1. The molecule has 3 aromatic rings. The first kappa shape index (κ1) is 14.4. The number of benzene rings is 1. The van der Waals surface area contributed by atoms with E-state index in [0.717, 1.165) is 21.8 Å². The van der Waals surface area contributed by atoms with Crippen LogP contribution in [0.2, 0.25) is 0 Å². The highest BCUT2D eigenvalue weighted by Gasteiger charge is 2.09. The van der Waals surface area contributed by atoms with Crippen molar-refractivity contribution in [2.75, 3.05) is 0 Å².